The topological polar surface area (TPSA) is 83.7 Å². The fourth-order valence-corrected chi connectivity index (χ4v) is 4.49. The van der Waals surface area contributed by atoms with Gasteiger partial charge in [0.1, 0.15) is 12.4 Å². The van der Waals surface area contributed by atoms with Crippen molar-refractivity contribution >= 4 is 11.7 Å². The number of aromatic nitrogens is 3. The largest absolute Gasteiger partial charge is 0.354 e. The monoisotopic (exact) mass is 426 g/mol. The molecule has 2 fully saturated rings. The summed E-state index contributed by atoms with van der Waals surface area (Å²) in [5, 5.41) is 0. The molecule has 166 valence electrons. The van der Waals surface area contributed by atoms with Crippen LogP contribution in [0.4, 0.5) is 5.82 Å². The molecule has 9 nitrogen and oxygen atoms in total. The Morgan fingerprint density at radius 3 is 2.65 bits per heavy atom. The summed E-state index contributed by atoms with van der Waals surface area (Å²) in [4.78, 5) is 47.7. The number of nitrogens with zero attached hydrogens (tertiary/aromatic N) is 6. The van der Waals surface area contributed by atoms with Crippen LogP contribution in [0.15, 0.2) is 46.2 Å². The van der Waals surface area contributed by atoms with Crippen molar-refractivity contribution in [3.63, 3.8) is 0 Å². The van der Waals surface area contributed by atoms with E-state index in [-0.39, 0.29) is 18.0 Å². The molecule has 2 aliphatic rings. The number of piperidine rings is 1. The van der Waals surface area contributed by atoms with E-state index in [0.717, 1.165) is 69.0 Å². The standard InChI is InChI=1S/C22H30N6O3/c1-24-20(29)7-10-28(22(24)31)17-21(30)27-9-4-5-18(16-27)15-25-11-13-26(14-12-25)19-6-2-3-8-23-19/h2-3,6-8,10,18H,4-5,9,11-17H2,1H3. The highest BCUT2D eigenvalue weighted by molar-refractivity contribution is 5.76. The first-order valence-electron chi connectivity index (χ1n) is 10.9. The lowest BCUT2D eigenvalue weighted by Crippen LogP contribution is -2.51. The molecule has 0 aliphatic carbocycles. The highest BCUT2D eigenvalue weighted by Crippen LogP contribution is 2.20. The number of likely N-dealkylation sites (tertiary alicyclic amines) is 1. The van der Waals surface area contributed by atoms with E-state index in [1.807, 2.05) is 23.2 Å². The third-order valence-electron chi connectivity index (χ3n) is 6.30. The second kappa shape index (κ2) is 9.47. The third kappa shape index (κ3) is 5.04. The molecule has 4 heterocycles. The van der Waals surface area contributed by atoms with Gasteiger partial charge in [0.2, 0.25) is 5.91 Å². The molecule has 1 atom stereocenters. The Morgan fingerprint density at radius 2 is 1.90 bits per heavy atom. The molecule has 0 saturated carbocycles. The smallest absolute Gasteiger partial charge is 0.331 e. The van der Waals surface area contributed by atoms with Crippen molar-refractivity contribution in [1.29, 1.82) is 0 Å². The minimum Gasteiger partial charge on any atom is -0.354 e. The van der Waals surface area contributed by atoms with Crippen molar-refractivity contribution < 1.29 is 4.79 Å². The summed E-state index contributed by atoms with van der Waals surface area (Å²) in [6.07, 6.45) is 5.33. The number of piperazine rings is 1. The number of pyridine rings is 1. The van der Waals surface area contributed by atoms with Crippen molar-refractivity contribution in [2.24, 2.45) is 13.0 Å². The lowest BCUT2D eigenvalue weighted by atomic mass is 9.97. The van der Waals surface area contributed by atoms with Gasteiger partial charge in [-0.05, 0) is 30.9 Å². The van der Waals surface area contributed by atoms with Gasteiger partial charge in [0.15, 0.2) is 0 Å². The summed E-state index contributed by atoms with van der Waals surface area (Å²) >= 11 is 0. The minimum atomic E-state index is -0.458. The molecule has 9 heteroatoms. The van der Waals surface area contributed by atoms with Crippen LogP contribution in [0, 0.1) is 5.92 Å². The van der Waals surface area contributed by atoms with E-state index in [2.05, 4.69) is 20.9 Å². The molecule has 2 aliphatic heterocycles. The van der Waals surface area contributed by atoms with Crippen molar-refractivity contribution in [2.45, 2.75) is 19.4 Å². The van der Waals surface area contributed by atoms with E-state index in [4.69, 9.17) is 0 Å². The maximum absolute atomic E-state index is 12.8. The normalized spacial score (nSPS) is 20.1. The average molecular weight is 427 g/mol. The van der Waals surface area contributed by atoms with E-state index in [0.29, 0.717) is 5.92 Å². The van der Waals surface area contributed by atoms with Crippen LogP contribution in [0.5, 0.6) is 0 Å². The summed E-state index contributed by atoms with van der Waals surface area (Å²) in [5.74, 6) is 1.41. The van der Waals surface area contributed by atoms with Crippen molar-refractivity contribution in [3.05, 3.63) is 57.5 Å². The summed E-state index contributed by atoms with van der Waals surface area (Å²) in [7, 11) is 1.43. The van der Waals surface area contributed by atoms with Gasteiger partial charge in [0.05, 0.1) is 0 Å². The summed E-state index contributed by atoms with van der Waals surface area (Å²) < 4.78 is 2.33. The predicted octanol–water partition coefficient (Wildman–Crippen LogP) is 0.00280. The van der Waals surface area contributed by atoms with Crippen LogP contribution in [-0.4, -0.2) is 75.6 Å². The molecule has 1 amide bonds. The number of carbonyl (C=O) groups excluding carboxylic acids is 1. The maximum atomic E-state index is 12.8. The van der Waals surface area contributed by atoms with Gasteiger partial charge < -0.3 is 9.80 Å². The number of amides is 1. The molecule has 2 saturated heterocycles. The number of hydrogen-bond donors (Lipinski definition) is 0. The third-order valence-corrected chi connectivity index (χ3v) is 6.30. The van der Waals surface area contributed by atoms with Crippen molar-refractivity contribution in [3.8, 4) is 0 Å². The predicted molar refractivity (Wildman–Crippen MR) is 118 cm³/mol. The summed E-state index contributed by atoms with van der Waals surface area (Å²) in [6, 6.07) is 7.32. The molecule has 31 heavy (non-hydrogen) atoms. The van der Waals surface area contributed by atoms with Crippen LogP contribution < -0.4 is 16.1 Å². The Balaban J connectivity index is 1.29. The average Bonchev–Trinajstić information content (AvgIpc) is 2.81. The van der Waals surface area contributed by atoms with E-state index in [1.165, 1.54) is 23.9 Å². The van der Waals surface area contributed by atoms with Crippen LogP contribution in [0.25, 0.3) is 0 Å². The second-order valence-corrected chi connectivity index (χ2v) is 8.45. The highest BCUT2D eigenvalue weighted by atomic mass is 16.2. The van der Waals surface area contributed by atoms with E-state index < -0.39 is 5.69 Å². The maximum Gasteiger partial charge on any atom is 0.331 e. The van der Waals surface area contributed by atoms with Gasteiger partial charge in [-0.1, -0.05) is 6.07 Å². The first-order chi connectivity index (χ1) is 15.0. The Bertz CT molecular complexity index is 1010. The molecule has 1 unspecified atom stereocenters. The zero-order chi connectivity index (χ0) is 21.8. The van der Waals surface area contributed by atoms with Gasteiger partial charge in [-0.2, -0.15) is 0 Å². The Morgan fingerprint density at radius 1 is 1.10 bits per heavy atom. The van der Waals surface area contributed by atoms with E-state index in [1.54, 1.807) is 0 Å². The molecule has 0 aromatic carbocycles. The highest BCUT2D eigenvalue weighted by Gasteiger charge is 2.27. The van der Waals surface area contributed by atoms with Crippen LogP contribution in [0.1, 0.15) is 12.8 Å². The van der Waals surface area contributed by atoms with Crippen LogP contribution >= 0.6 is 0 Å². The molecule has 2 aromatic rings. The van der Waals surface area contributed by atoms with E-state index >= 15 is 0 Å². The summed E-state index contributed by atoms with van der Waals surface area (Å²) in [6.45, 7) is 6.32. The summed E-state index contributed by atoms with van der Waals surface area (Å²) in [5.41, 5.74) is -0.824. The molecular formula is C22H30N6O3. The quantitative estimate of drug-likeness (QED) is 0.670. The van der Waals surface area contributed by atoms with E-state index in [9.17, 15) is 14.4 Å². The number of hydrogen-bond acceptors (Lipinski definition) is 6. The van der Waals surface area contributed by atoms with Crippen molar-refractivity contribution in [1.82, 2.24) is 23.9 Å². The van der Waals surface area contributed by atoms with Gasteiger partial charge in [-0.15, -0.1) is 0 Å². The fourth-order valence-electron chi connectivity index (χ4n) is 4.49. The van der Waals surface area contributed by atoms with Crippen LogP contribution in [0.2, 0.25) is 0 Å². The molecule has 2 aromatic heterocycles. The van der Waals surface area contributed by atoms with Crippen LogP contribution in [-0.2, 0) is 18.4 Å². The Labute approximate surface area is 181 Å². The number of carbonyl (C=O) groups is 1. The van der Waals surface area contributed by atoms with Gasteiger partial charge in [0.25, 0.3) is 5.56 Å². The Kier molecular flexibility index (Phi) is 6.50. The number of rotatable bonds is 5. The molecular weight excluding hydrogens is 396 g/mol. The van der Waals surface area contributed by atoms with Gasteiger partial charge >= 0.3 is 5.69 Å². The van der Waals surface area contributed by atoms with Gasteiger partial charge in [0, 0.05) is 71.3 Å². The zero-order valence-corrected chi connectivity index (χ0v) is 18.0. The Hall–Kier alpha value is -2.94. The lowest BCUT2D eigenvalue weighted by Gasteiger charge is -2.39. The molecule has 0 N–H and O–H groups in total. The fraction of sp³-hybridized carbons (Fsp3) is 0.545. The van der Waals surface area contributed by atoms with Gasteiger partial charge in [-0.25, -0.2) is 9.78 Å². The first kappa shape index (κ1) is 21.3. The van der Waals surface area contributed by atoms with Crippen molar-refractivity contribution in [2.75, 3.05) is 50.7 Å². The zero-order valence-electron chi connectivity index (χ0n) is 18.0. The van der Waals surface area contributed by atoms with Gasteiger partial charge in [-0.3, -0.25) is 23.6 Å². The second-order valence-electron chi connectivity index (χ2n) is 8.45. The lowest BCUT2D eigenvalue weighted by molar-refractivity contribution is -0.133. The SMILES string of the molecule is Cn1c(=O)ccn(CC(=O)N2CCCC(CN3CCN(c4ccccn4)CC3)C2)c1=O. The minimum absolute atomic E-state index is 0.0254. The molecule has 4 rings (SSSR count). The first-order valence-corrected chi connectivity index (χ1v) is 10.9. The van der Waals surface area contributed by atoms with Crippen LogP contribution in [0.3, 0.4) is 0 Å². The molecule has 0 bridgehead atoms. The number of anilines is 1. The molecule has 0 spiro atoms. The molecule has 0 radical (unpaired) electrons.